The summed E-state index contributed by atoms with van der Waals surface area (Å²) in [5.74, 6) is 1.78. The molecular weight excluding hydrogens is 432 g/mol. The van der Waals surface area contributed by atoms with E-state index in [9.17, 15) is 9.59 Å². The Hall–Kier alpha value is -3.62. The van der Waals surface area contributed by atoms with E-state index in [1.807, 2.05) is 35.5 Å². The van der Waals surface area contributed by atoms with E-state index in [0.29, 0.717) is 41.5 Å². The lowest BCUT2D eigenvalue weighted by Crippen LogP contribution is -2.59. The first-order chi connectivity index (χ1) is 16.4. The number of nitrogens with two attached hydrogens (primary N) is 1. The lowest BCUT2D eigenvalue weighted by Gasteiger charge is -2.48. The maximum absolute atomic E-state index is 12.9. The van der Waals surface area contributed by atoms with Crippen molar-refractivity contribution < 1.29 is 14.3 Å². The van der Waals surface area contributed by atoms with Crippen LogP contribution in [0.25, 0.3) is 16.8 Å². The third-order valence-corrected chi connectivity index (χ3v) is 7.18. The molecule has 2 fully saturated rings. The van der Waals surface area contributed by atoms with Crippen LogP contribution in [0.4, 0.5) is 10.6 Å². The van der Waals surface area contributed by atoms with Crippen molar-refractivity contribution in [2.24, 2.45) is 0 Å². The standard InChI is InChI=1S/C25H30N6O3/c1-4-34-19-13-16(14-32)5-6-18(19)20-21-22(26)27-10-12-30(21)23(28-20)25(2)9-7-17-8-11-29(3)24(33)31(17)15-25/h5-6,10,12-14,17H,4,7-9,11,15H2,1-3H3,(H2,26,27). The van der Waals surface area contributed by atoms with Crippen LogP contribution in [0, 0.1) is 0 Å². The first-order valence-electron chi connectivity index (χ1n) is 11.7. The number of fused-ring (bicyclic) bond motifs is 2. The van der Waals surface area contributed by atoms with E-state index in [1.54, 1.807) is 23.2 Å². The SMILES string of the molecule is CCOc1cc(C=O)ccc1-c1nc(C2(C)CCC3CCN(C)C(=O)N3C2)n2ccnc(N)c12. The fourth-order valence-electron chi connectivity index (χ4n) is 5.35. The van der Waals surface area contributed by atoms with Crippen LogP contribution in [0.2, 0.25) is 0 Å². The molecule has 0 bridgehead atoms. The van der Waals surface area contributed by atoms with Crippen LogP contribution in [-0.2, 0) is 5.41 Å². The summed E-state index contributed by atoms with van der Waals surface area (Å²) in [6.45, 7) is 5.90. The van der Waals surface area contributed by atoms with Gasteiger partial charge in [0.15, 0.2) is 0 Å². The van der Waals surface area contributed by atoms with E-state index < -0.39 is 0 Å². The average molecular weight is 463 g/mol. The van der Waals surface area contributed by atoms with E-state index in [1.165, 1.54) is 0 Å². The smallest absolute Gasteiger partial charge is 0.320 e. The zero-order valence-corrected chi connectivity index (χ0v) is 19.8. The number of nitrogens with zero attached hydrogens (tertiary/aromatic N) is 5. The molecule has 5 rings (SSSR count). The van der Waals surface area contributed by atoms with Crippen molar-refractivity contribution in [3.8, 4) is 17.0 Å². The summed E-state index contributed by atoms with van der Waals surface area (Å²) in [7, 11) is 1.86. The number of benzene rings is 1. The van der Waals surface area contributed by atoms with Gasteiger partial charge in [0.1, 0.15) is 34.9 Å². The number of hydrogen-bond acceptors (Lipinski definition) is 6. The zero-order chi connectivity index (χ0) is 24.0. The lowest BCUT2D eigenvalue weighted by atomic mass is 9.77. The summed E-state index contributed by atoms with van der Waals surface area (Å²) in [6, 6.07) is 5.66. The number of rotatable bonds is 5. The summed E-state index contributed by atoms with van der Waals surface area (Å²) in [5, 5.41) is 0. The molecule has 2 aromatic heterocycles. The van der Waals surface area contributed by atoms with Gasteiger partial charge in [0.05, 0.1) is 6.61 Å². The zero-order valence-electron chi connectivity index (χ0n) is 19.8. The molecule has 1 aromatic carbocycles. The van der Waals surface area contributed by atoms with E-state index in [-0.39, 0.29) is 17.5 Å². The summed E-state index contributed by atoms with van der Waals surface area (Å²) in [5.41, 5.74) is 8.64. The van der Waals surface area contributed by atoms with Crippen molar-refractivity contribution >= 4 is 23.7 Å². The van der Waals surface area contributed by atoms with Crippen LogP contribution >= 0.6 is 0 Å². The van der Waals surface area contributed by atoms with Gasteiger partial charge in [0.25, 0.3) is 0 Å². The van der Waals surface area contributed by atoms with Gasteiger partial charge in [0, 0.05) is 55.1 Å². The molecular formula is C25H30N6O3. The number of amides is 2. The molecule has 2 unspecified atom stereocenters. The van der Waals surface area contributed by atoms with Gasteiger partial charge < -0.3 is 20.3 Å². The number of aldehydes is 1. The van der Waals surface area contributed by atoms with E-state index >= 15 is 0 Å². The Morgan fingerprint density at radius 3 is 2.91 bits per heavy atom. The number of piperidine rings is 1. The summed E-state index contributed by atoms with van der Waals surface area (Å²) >= 11 is 0. The molecule has 34 heavy (non-hydrogen) atoms. The molecule has 2 atom stereocenters. The number of aromatic nitrogens is 3. The van der Waals surface area contributed by atoms with E-state index in [4.69, 9.17) is 15.5 Å². The van der Waals surface area contributed by atoms with Gasteiger partial charge in [-0.05, 0) is 38.3 Å². The highest BCUT2D eigenvalue weighted by molar-refractivity contribution is 5.89. The predicted molar refractivity (Wildman–Crippen MR) is 129 cm³/mol. The van der Waals surface area contributed by atoms with Gasteiger partial charge in [-0.25, -0.2) is 14.8 Å². The Balaban J connectivity index is 1.66. The normalized spacial score (nSPS) is 22.7. The van der Waals surface area contributed by atoms with Gasteiger partial charge in [-0.2, -0.15) is 0 Å². The second-order valence-electron chi connectivity index (χ2n) is 9.50. The molecule has 2 N–H and O–H groups in total. The van der Waals surface area contributed by atoms with Crippen LogP contribution < -0.4 is 10.5 Å². The highest BCUT2D eigenvalue weighted by Gasteiger charge is 2.45. The molecule has 178 valence electrons. The number of carbonyl (C=O) groups excluding carboxylic acids is 2. The van der Waals surface area contributed by atoms with Gasteiger partial charge in [-0.3, -0.25) is 9.20 Å². The number of imidazole rings is 1. The monoisotopic (exact) mass is 462 g/mol. The fraction of sp³-hybridized carbons (Fsp3) is 0.440. The molecule has 0 spiro atoms. The Kier molecular flexibility index (Phi) is 5.42. The highest BCUT2D eigenvalue weighted by Crippen LogP contribution is 2.42. The van der Waals surface area contributed by atoms with Crippen molar-refractivity contribution in [3.63, 3.8) is 0 Å². The molecule has 0 saturated carbocycles. The third-order valence-electron chi connectivity index (χ3n) is 7.18. The summed E-state index contributed by atoms with van der Waals surface area (Å²) in [4.78, 5) is 37.5. The van der Waals surface area contributed by atoms with Crippen LogP contribution in [0.5, 0.6) is 5.75 Å². The Morgan fingerprint density at radius 2 is 2.15 bits per heavy atom. The maximum atomic E-state index is 12.9. The number of carbonyl (C=O) groups is 2. The van der Waals surface area contributed by atoms with Gasteiger partial charge >= 0.3 is 6.03 Å². The minimum atomic E-state index is -0.367. The average Bonchev–Trinajstić information content (AvgIpc) is 3.24. The highest BCUT2D eigenvalue weighted by atomic mass is 16.5. The number of nitrogen functional groups attached to an aromatic ring is 1. The summed E-state index contributed by atoms with van der Waals surface area (Å²) < 4.78 is 7.87. The maximum Gasteiger partial charge on any atom is 0.320 e. The number of anilines is 1. The van der Waals surface area contributed by atoms with Crippen LogP contribution in [0.3, 0.4) is 0 Å². The van der Waals surface area contributed by atoms with E-state index in [0.717, 1.165) is 43.5 Å². The van der Waals surface area contributed by atoms with Gasteiger partial charge in [-0.1, -0.05) is 13.0 Å². The number of ether oxygens (including phenoxy) is 1. The molecule has 2 aliphatic rings. The van der Waals surface area contributed by atoms with Crippen LogP contribution in [0.15, 0.2) is 30.6 Å². The van der Waals surface area contributed by atoms with E-state index in [2.05, 4.69) is 11.9 Å². The van der Waals surface area contributed by atoms with Crippen molar-refractivity contribution in [1.82, 2.24) is 24.2 Å². The van der Waals surface area contributed by atoms with Gasteiger partial charge in [-0.15, -0.1) is 0 Å². The molecule has 9 nitrogen and oxygen atoms in total. The fourth-order valence-corrected chi connectivity index (χ4v) is 5.35. The second kappa shape index (κ2) is 8.30. The first-order valence-corrected chi connectivity index (χ1v) is 11.7. The summed E-state index contributed by atoms with van der Waals surface area (Å²) in [6.07, 6.45) is 7.17. The lowest BCUT2D eigenvalue weighted by molar-refractivity contribution is 0.0593. The molecule has 0 radical (unpaired) electrons. The van der Waals surface area contributed by atoms with Crippen molar-refractivity contribution in [3.05, 3.63) is 42.0 Å². The number of urea groups is 1. The second-order valence-corrected chi connectivity index (χ2v) is 9.50. The third kappa shape index (κ3) is 3.46. The quantitative estimate of drug-likeness (QED) is 0.583. The van der Waals surface area contributed by atoms with Crippen LogP contribution in [-0.4, -0.2) is 69.3 Å². The molecule has 0 aliphatic carbocycles. The minimum Gasteiger partial charge on any atom is -0.493 e. The molecule has 2 aliphatic heterocycles. The molecule has 4 heterocycles. The number of hydrogen-bond donors (Lipinski definition) is 1. The predicted octanol–water partition coefficient (Wildman–Crippen LogP) is 3.37. The Labute approximate surface area is 198 Å². The van der Waals surface area contributed by atoms with Gasteiger partial charge in [0.2, 0.25) is 0 Å². The minimum absolute atomic E-state index is 0.0764. The largest absolute Gasteiger partial charge is 0.493 e. The molecule has 2 amide bonds. The molecule has 3 aromatic rings. The molecule has 2 saturated heterocycles. The van der Waals surface area contributed by atoms with Crippen molar-refractivity contribution in [2.45, 2.75) is 44.6 Å². The Bertz CT molecular complexity index is 1270. The molecule has 9 heteroatoms. The first kappa shape index (κ1) is 22.2. The van der Waals surface area contributed by atoms with Crippen LogP contribution in [0.1, 0.15) is 49.3 Å². The topological polar surface area (TPSA) is 106 Å². The van der Waals surface area contributed by atoms with Crippen molar-refractivity contribution in [2.75, 3.05) is 32.5 Å². The Morgan fingerprint density at radius 1 is 1.32 bits per heavy atom. The van der Waals surface area contributed by atoms with Crippen molar-refractivity contribution in [1.29, 1.82) is 0 Å².